The van der Waals surface area contributed by atoms with Crippen LogP contribution in [0.3, 0.4) is 0 Å². The molecule has 166 valence electrons. The van der Waals surface area contributed by atoms with E-state index < -0.39 is 37.9 Å². The molecule has 9 nitrogen and oxygen atoms in total. The fourth-order valence-electron chi connectivity index (χ4n) is 3.96. The number of nitrogens with two attached hydrogens (primary N) is 1. The van der Waals surface area contributed by atoms with Gasteiger partial charge >= 0.3 is 7.75 Å². The molecule has 3 aromatic rings. The summed E-state index contributed by atoms with van der Waals surface area (Å²) in [6.07, 6.45) is 0.00118. The second-order valence-electron chi connectivity index (χ2n) is 7.64. The van der Waals surface area contributed by atoms with Crippen molar-refractivity contribution in [3.05, 3.63) is 71.9 Å². The summed E-state index contributed by atoms with van der Waals surface area (Å²) in [6.45, 7) is 0.481. The fourth-order valence-corrected chi connectivity index (χ4v) is 5.29. The number of aromatic amines is 1. The average molecular weight is 447 g/mol. The number of para-hydroxylation sites is 1. The zero-order chi connectivity index (χ0) is 22.8. The van der Waals surface area contributed by atoms with Gasteiger partial charge in [-0.25, -0.2) is 4.57 Å². The van der Waals surface area contributed by atoms with E-state index in [0.29, 0.717) is 15.8 Å². The van der Waals surface area contributed by atoms with Crippen molar-refractivity contribution in [3.63, 3.8) is 0 Å². The van der Waals surface area contributed by atoms with Crippen LogP contribution >= 0.6 is 7.75 Å². The number of fused-ring (bicyclic) bond motifs is 1. The van der Waals surface area contributed by atoms with E-state index in [1.165, 1.54) is 6.92 Å². The van der Waals surface area contributed by atoms with Crippen molar-refractivity contribution in [1.82, 2.24) is 9.65 Å². The standard InChI is InChI=1S/C21H26N3O6P/c1-21(20(22)27,11-15-12-23-17-10-6-5-9-16(15)17)24(31(28,29)30)18(13-25)19(26)14-7-3-2-4-8-14/h2-10,12,18-19,23,25-26H,11,13H2,1H3,(H2,22,27)(H2,28,29,30). The molecule has 3 atom stereocenters. The van der Waals surface area contributed by atoms with Crippen LogP contribution < -0.4 is 5.73 Å². The van der Waals surface area contributed by atoms with Crippen LogP contribution in [-0.4, -0.2) is 53.7 Å². The van der Waals surface area contributed by atoms with Crippen LogP contribution in [0.2, 0.25) is 0 Å². The maximum Gasteiger partial charge on any atom is 0.404 e. The number of benzene rings is 2. The van der Waals surface area contributed by atoms with Gasteiger partial charge in [0.25, 0.3) is 0 Å². The molecular formula is C21H26N3O6P. The van der Waals surface area contributed by atoms with Gasteiger partial charge in [-0.15, -0.1) is 0 Å². The van der Waals surface area contributed by atoms with Crippen molar-refractivity contribution >= 4 is 24.6 Å². The molecule has 1 aromatic heterocycles. The summed E-state index contributed by atoms with van der Waals surface area (Å²) in [5.41, 5.74) is 5.47. The Labute approximate surface area is 179 Å². The van der Waals surface area contributed by atoms with Crippen molar-refractivity contribution in [2.24, 2.45) is 5.73 Å². The molecule has 2 aromatic carbocycles. The lowest BCUT2D eigenvalue weighted by Gasteiger charge is -2.44. The van der Waals surface area contributed by atoms with Gasteiger partial charge in [-0.3, -0.25) is 4.79 Å². The highest BCUT2D eigenvalue weighted by molar-refractivity contribution is 7.49. The molecule has 0 aliphatic carbocycles. The molecule has 1 amide bonds. The lowest BCUT2D eigenvalue weighted by molar-refractivity contribution is -0.130. The number of nitrogens with one attached hydrogen (secondary N) is 1. The van der Waals surface area contributed by atoms with E-state index in [2.05, 4.69) is 4.98 Å². The molecule has 31 heavy (non-hydrogen) atoms. The normalized spacial score (nSPS) is 16.2. The maximum absolute atomic E-state index is 12.6. The molecule has 0 saturated carbocycles. The van der Waals surface area contributed by atoms with Crippen molar-refractivity contribution in [2.75, 3.05) is 6.61 Å². The Morgan fingerprint density at radius 1 is 1.16 bits per heavy atom. The molecule has 0 aliphatic heterocycles. The number of aliphatic hydroxyl groups excluding tert-OH is 2. The summed E-state index contributed by atoms with van der Waals surface area (Å²) >= 11 is 0. The molecular weight excluding hydrogens is 421 g/mol. The van der Waals surface area contributed by atoms with Crippen molar-refractivity contribution < 1.29 is 29.4 Å². The zero-order valence-electron chi connectivity index (χ0n) is 16.9. The number of rotatable bonds is 9. The Bertz CT molecular complexity index is 1100. The molecule has 10 heteroatoms. The number of carbonyl (C=O) groups excluding carboxylic acids is 1. The first-order chi connectivity index (χ1) is 14.6. The molecule has 3 rings (SSSR count). The topological polar surface area (TPSA) is 160 Å². The predicted molar refractivity (Wildman–Crippen MR) is 116 cm³/mol. The minimum atomic E-state index is -5.17. The summed E-state index contributed by atoms with van der Waals surface area (Å²) in [7, 11) is -5.17. The third-order valence-electron chi connectivity index (χ3n) is 5.53. The number of aliphatic hydroxyl groups is 2. The van der Waals surface area contributed by atoms with Gasteiger partial charge in [-0.2, -0.15) is 4.67 Å². The largest absolute Gasteiger partial charge is 0.404 e. The monoisotopic (exact) mass is 447 g/mol. The Kier molecular flexibility index (Phi) is 6.66. The lowest BCUT2D eigenvalue weighted by atomic mass is 9.89. The second kappa shape index (κ2) is 8.92. The Morgan fingerprint density at radius 3 is 2.35 bits per heavy atom. The highest BCUT2D eigenvalue weighted by Gasteiger charge is 2.52. The van der Waals surface area contributed by atoms with Gasteiger partial charge in [0.1, 0.15) is 5.54 Å². The average Bonchev–Trinajstić information content (AvgIpc) is 3.13. The number of amides is 1. The van der Waals surface area contributed by atoms with Crippen LogP contribution in [-0.2, 0) is 15.8 Å². The first-order valence-electron chi connectivity index (χ1n) is 9.63. The molecule has 1 heterocycles. The van der Waals surface area contributed by atoms with E-state index in [1.54, 1.807) is 42.6 Å². The van der Waals surface area contributed by atoms with E-state index in [-0.39, 0.29) is 6.42 Å². The fraction of sp³-hybridized carbons (Fsp3) is 0.286. The van der Waals surface area contributed by atoms with Gasteiger partial charge in [0.2, 0.25) is 5.91 Å². The molecule has 0 aliphatic rings. The first kappa shape index (κ1) is 23.1. The van der Waals surface area contributed by atoms with Crippen LogP contribution in [0.15, 0.2) is 60.8 Å². The summed E-state index contributed by atoms with van der Waals surface area (Å²) in [4.78, 5) is 36.1. The molecule has 0 spiro atoms. The highest BCUT2D eigenvalue weighted by atomic mass is 31.2. The number of aromatic nitrogens is 1. The van der Waals surface area contributed by atoms with E-state index >= 15 is 0 Å². The number of nitrogens with zero attached hydrogens (tertiary/aromatic N) is 1. The van der Waals surface area contributed by atoms with Crippen LogP contribution in [0.5, 0.6) is 0 Å². The van der Waals surface area contributed by atoms with Gasteiger partial charge in [-0.1, -0.05) is 48.5 Å². The predicted octanol–water partition coefficient (Wildman–Crippen LogP) is 1.44. The van der Waals surface area contributed by atoms with Gasteiger partial charge < -0.3 is 30.7 Å². The number of hydrogen-bond donors (Lipinski definition) is 6. The molecule has 0 radical (unpaired) electrons. The second-order valence-corrected chi connectivity index (χ2v) is 9.10. The van der Waals surface area contributed by atoms with Gasteiger partial charge in [-0.05, 0) is 24.1 Å². The number of hydrogen-bond acceptors (Lipinski definition) is 4. The van der Waals surface area contributed by atoms with Crippen LogP contribution in [0, 0.1) is 0 Å². The summed E-state index contributed by atoms with van der Waals surface area (Å²) in [5.74, 6) is -1.00. The molecule has 0 saturated heterocycles. The quantitative estimate of drug-likeness (QED) is 0.271. The summed E-state index contributed by atoms with van der Waals surface area (Å²) < 4.78 is 13.1. The molecule has 7 N–H and O–H groups in total. The smallest absolute Gasteiger partial charge is 0.395 e. The Balaban J connectivity index is 2.10. The highest BCUT2D eigenvalue weighted by Crippen LogP contribution is 2.50. The van der Waals surface area contributed by atoms with Crippen LogP contribution in [0.25, 0.3) is 10.9 Å². The van der Waals surface area contributed by atoms with Crippen molar-refractivity contribution in [1.29, 1.82) is 0 Å². The number of H-pyrrole nitrogens is 1. The SMILES string of the molecule is CC(Cc1c[nH]c2ccccc12)(C(N)=O)N(C(CO)C(O)c1ccccc1)P(=O)(O)O. The molecule has 0 bridgehead atoms. The van der Waals surface area contributed by atoms with Crippen LogP contribution in [0.1, 0.15) is 24.2 Å². The Morgan fingerprint density at radius 2 is 1.77 bits per heavy atom. The van der Waals surface area contributed by atoms with Gasteiger partial charge in [0.05, 0.1) is 18.8 Å². The van der Waals surface area contributed by atoms with Gasteiger partial charge in [0, 0.05) is 23.5 Å². The third-order valence-corrected chi connectivity index (χ3v) is 6.83. The van der Waals surface area contributed by atoms with Crippen molar-refractivity contribution in [3.8, 4) is 0 Å². The van der Waals surface area contributed by atoms with E-state index in [0.717, 1.165) is 10.9 Å². The molecule has 3 unspecified atom stereocenters. The van der Waals surface area contributed by atoms with Gasteiger partial charge in [0.15, 0.2) is 0 Å². The maximum atomic E-state index is 12.6. The molecule has 0 fully saturated rings. The summed E-state index contributed by atoms with van der Waals surface area (Å²) in [6, 6.07) is 13.9. The zero-order valence-corrected chi connectivity index (χ0v) is 17.8. The third kappa shape index (κ3) is 4.57. The van der Waals surface area contributed by atoms with Crippen molar-refractivity contribution in [2.45, 2.75) is 31.0 Å². The Hall–Kier alpha value is -2.52. The minimum absolute atomic E-state index is 0.157. The van der Waals surface area contributed by atoms with E-state index in [9.17, 15) is 29.4 Å². The number of carbonyl (C=O) groups is 1. The minimum Gasteiger partial charge on any atom is -0.395 e. The van der Waals surface area contributed by atoms with E-state index in [1.807, 2.05) is 18.2 Å². The number of primary amides is 1. The summed E-state index contributed by atoms with van der Waals surface area (Å²) in [5, 5.41) is 21.7. The lowest BCUT2D eigenvalue weighted by Crippen LogP contribution is -2.60. The van der Waals surface area contributed by atoms with E-state index in [4.69, 9.17) is 5.73 Å². The first-order valence-corrected chi connectivity index (χ1v) is 11.2. The van der Waals surface area contributed by atoms with Crippen LogP contribution in [0.4, 0.5) is 0 Å².